The van der Waals surface area contributed by atoms with Crippen molar-refractivity contribution in [2.45, 2.75) is 45.1 Å². The largest absolute Gasteiger partial charge is 0.480 e. The third-order valence-electron chi connectivity index (χ3n) is 3.54. The molecule has 1 amide bonds. The van der Waals surface area contributed by atoms with Crippen molar-refractivity contribution in [1.29, 1.82) is 0 Å². The topological polar surface area (TPSA) is 104 Å². The van der Waals surface area contributed by atoms with Gasteiger partial charge in [-0.2, -0.15) is 0 Å². The molecule has 128 valence electrons. The lowest BCUT2D eigenvalue weighted by atomic mass is 10.1. The van der Waals surface area contributed by atoms with Gasteiger partial charge in [0.25, 0.3) is 0 Å². The first-order valence-corrected chi connectivity index (χ1v) is 8.05. The van der Waals surface area contributed by atoms with E-state index in [-0.39, 0.29) is 12.3 Å². The zero-order valence-electron chi connectivity index (χ0n) is 13.7. The fraction of sp³-hybridized carbons (Fsp3) is 0.529. The van der Waals surface area contributed by atoms with Gasteiger partial charge in [0.2, 0.25) is 5.91 Å². The number of hydrogen-bond acceptors (Lipinski definition) is 4. The zero-order valence-corrected chi connectivity index (χ0v) is 13.7. The second kappa shape index (κ2) is 10.7. The van der Waals surface area contributed by atoms with Crippen molar-refractivity contribution >= 4 is 17.6 Å². The van der Waals surface area contributed by atoms with Crippen LogP contribution in [0.3, 0.4) is 0 Å². The predicted octanol–water partition coefficient (Wildman–Crippen LogP) is 1.89. The average Bonchev–Trinajstić information content (AvgIpc) is 2.51. The van der Waals surface area contributed by atoms with E-state index in [2.05, 4.69) is 10.6 Å². The fourth-order valence-electron chi connectivity index (χ4n) is 2.18. The van der Waals surface area contributed by atoms with Crippen LogP contribution in [0.15, 0.2) is 24.3 Å². The molecule has 0 unspecified atom stereocenters. The molecule has 0 aliphatic rings. The molecule has 0 saturated heterocycles. The van der Waals surface area contributed by atoms with Gasteiger partial charge in [0.05, 0.1) is 6.42 Å². The van der Waals surface area contributed by atoms with Crippen molar-refractivity contribution in [2.75, 3.05) is 18.4 Å². The number of anilines is 1. The number of hydrogen-bond donors (Lipinski definition) is 4. The Kier molecular flexibility index (Phi) is 8.94. The first-order valence-electron chi connectivity index (χ1n) is 8.05. The minimum Gasteiger partial charge on any atom is -0.480 e. The highest BCUT2D eigenvalue weighted by molar-refractivity contribution is 5.94. The maximum absolute atomic E-state index is 12.0. The molecule has 0 heterocycles. The molecule has 23 heavy (non-hydrogen) atoms. The fourth-order valence-corrected chi connectivity index (χ4v) is 2.18. The maximum Gasteiger partial charge on any atom is 0.321 e. The Morgan fingerprint density at radius 1 is 1.13 bits per heavy atom. The van der Waals surface area contributed by atoms with Gasteiger partial charge in [-0.05, 0) is 45.0 Å². The van der Waals surface area contributed by atoms with E-state index in [1.807, 2.05) is 19.1 Å². The first kappa shape index (κ1) is 19.1. The molecule has 0 aromatic heterocycles. The summed E-state index contributed by atoms with van der Waals surface area (Å²) in [5, 5.41) is 14.9. The Morgan fingerprint density at radius 3 is 2.39 bits per heavy atom. The summed E-state index contributed by atoms with van der Waals surface area (Å²) in [4.78, 5) is 23.2. The van der Waals surface area contributed by atoms with E-state index in [9.17, 15) is 14.7 Å². The summed E-state index contributed by atoms with van der Waals surface area (Å²) >= 11 is 0. The second-order valence-electron chi connectivity index (χ2n) is 5.67. The van der Waals surface area contributed by atoms with Gasteiger partial charge in [0.15, 0.2) is 0 Å². The monoisotopic (exact) mass is 321 g/mol. The first-order chi connectivity index (χ1) is 11.0. The molecular weight excluding hydrogens is 294 g/mol. The number of benzene rings is 1. The molecule has 1 aromatic carbocycles. The highest BCUT2D eigenvalue weighted by Crippen LogP contribution is 2.09. The number of rotatable bonds is 11. The minimum atomic E-state index is -1.01. The summed E-state index contributed by atoms with van der Waals surface area (Å²) in [6.07, 6.45) is 3.83. The average molecular weight is 321 g/mol. The summed E-state index contributed by atoms with van der Waals surface area (Å²) in [5.74, 6) is -1.32. The molecule has 1 rings (SSSR count). The van der Waals surface area contributed by atoms with Crippen LogP contribution < -0.4 is 16.4 Å². The number of carboxylic acids is 1. The molecule has 0 saturated carbocycles. The molecular formula is C17H27N3O3. The van der Waals surface area contributed by atoms with Gasteiger partial charge in [0, 0.05) is 5.69 Å². The van der Waals surface area contributed by atoms with Gasteiger partial charge in [-0.3, -0.25) is 9.59 Å². The van der Waals surface area contributed by atoms with Gasteiger partial charge in [0.1, 0.15) is 6.04 Å². The van der Waals surface area contributed by atoms with Crippen LogP contribution in [0.5, 0.6) is 0 Å². The Balaban J connectivity index is 2.35. The van der Waals surface area contributed by atoms with E-state index in [1.165, 1.54) is 0 Å². The van der Waals surface area contributed by atoms with E-state index >= 15 is 0 Å². The number of aryl methyl sites for hydroxylation is 1. The van der Waals surface area contributed by atoms with E-state index in [1.54, 1.807) is 12.1 Å². The summed E-state index contributed by atoms with van der Waals surface area (Å²) < 4.78 is 0. The van der Waals surface area contributed by atoms with Crippen molar-refractivity contribution in [3.63, 3.8) is 0 Å². The number of aliphatic carboxylic acids is 1. The van der Waals surface area contributed by atoms with Crippen LogP contribution in [0.2, 0.25) is 0 Å². The summed E-state index contributed by atoms with van der Waals surface area (Å²) in [6, 6.07) is 6.52. The van der Waals surface area contributed by atoms with Crippen molar-refractivity contribution in [3.8, 4) is 0 Å². The van der Waals surface area contributed by atoms with Gasteiger partial charge in [-0.25, -0.2) is 0 Å². The molecule has 0 aliphatic carbocycles. The number of nitrogens with two attached hydrogens (primary N) is 1. The Hall–Kier alpha value is -1.92. The number of carboxylic acid groups (broad SMARTS) is 1. The van der Waals surface area contributed by atoms with Crippen LogP contribution in [0.4, 0.5) is 5.69 Å². The smallest absolute Gasteiger partial charge is 0.321 e. The summed E-state index contributed by atoms with van der Waals surface area (Å²) in [5.41, 5.74) is 7.19. The standard InChI is InChI=1S/C17H27N3O3/c1-13-6-8-14(9-7-13)20-16(21)12-15(17(22)23)19-11-5-3-2-4-10-18/h6-9,15,19H,2-5,10-12,18H2,1H3,(H,20,21)(H,22,23)/t15-/m1/s1. The van der Waals surface area contributed by atoms with E-state index < -0.39 is 12.0 Å². The molecule has 1 aromatic rings. The van der Waals surface area contributed by atoms with Gasteiger partial charge in [-0.15, -0.1) is 0 Å². The highest BCUT2D eigenvalue weighted by Gasteiger charge is 2.20. The molecule has 0 bridgehead atoms. The number of carbonyl (C=O) groups is 2. The molecule has 6 heteroatoms. The third kappa shape index (κ3) is 8.32. The summed E-state index contributed by atoms with van der Waals surface area (Å²) in [7, 11) is 0. The van der Waals surface area contributed by atoms with Crippen molar-refractivity contribution < 1.29 is 14.7 Å². The second-order valence-corrected chi connectivity index (χ2v) is 5.67. The van der Waals surface area contributed by atoms with Crippen molar-refractivity contribution in [1.82, 2.24) is 5.32 Å². The Bertz CT molecular complexity index is 488. The third-order valence-corrected chi connectivity index (χ3v) is 3.54. The number of carbonyl (C=O) groups excluding carboxylic acids is 1. The molecule has 5 N–H and O–H groups in total. The number of nitrogens with one attached hydrogen (secondary N) is 2. The van der Waals surface area contributed by atoms with Gasteiger partial charge < -0.3 is 21.5 Å². The minimum absolute atomic E-state index is 0.0913. The van der Waals surface area contributed by atoms with E-state index in [0.29, 0.717) is 18.8 Å². The van der Waals surface area contributed by atoms with Crippen LogP contribution in [0.1, 0.15) is 37.7 Å². The van der Waals surface area contributed by atoms with Crippen LogP contribution in [-0.2, 0) is 9.59 Å². The molecule has 0 aliphatic heterocycles. The van der Waals surface area contributed by atoms with Crippen molar-refractivity contribution in [3.05, 3.63) is 29.8 Å². The highest BCUT2D eigenvalue weighted by atomic mass is 16.4. The van der Waals surface area contributed by atoms with Crippen LogP contribution in [0, 0.1) is 6.92 Å². The molecule has 6 nitrogen and oxygen atoms in total. The van der Waals surface area contributed by atoms with Crippen molar-refractivity contribution in [2.24, 2.45) is 5.73 Å². The van der Waals surface area contributed by atoms with Crippen LogP contribution >= 0.6 is 0 Å². The lowest BCUT2D eigenvalue weighted by molar-refractivity contribution is -0.141. The zero-order chi connectivity index (χ0) is 17.1. The number of amides is 1. The quantitative estimate of drug-likeness (QED) is 0.466. The van der Waals surface area contributed by atoms with Crippen LogP contribution in [0.25, 0.3) is 0 Å². The summed E-state index contributed by atoms with van der Waals surface area (Å²) in [6.45, 7) is 3.23. The van der Waals surface area contributed by atoms with Gasteiger partial charge >= 0.3 is 5.97 Å². The lowest BCUT2D eigenvalue weighted by Crippen LogP contribution is -2.40. The molecule has 0 spiro atoms. The number of unbranched alkanes of at least 4 members (excludes halogenated alkanes) is 3. The van der Waals surface area contributed by atoms with Gasteiger partial charge in [-0.1, -0.05) is 30.5 Å². The lowest BCUT2D eigenvalue weighted by Gasteiger charge is -2.14. The Morgan fingerprint density at radius 2 is 1.78 bits per heavy atom. The van der Waals surface area contributed by atoms with E-state index in [4.69, 9.17) is 5.73 Å². The normalized spacial score (nSPS) is 11.9. The SMILES string of the molecule is Cc1ccc(NC(=O)C[C@@H](NCCCCCCN)C(=O)O)cc1. The molecule has 0 fully saturated rings. The molecule has 1 atom stereocenters. The van der Waals surface area contributed by atoms with Crippen LogP contribution in [-0.4, -0.2) is 36.1 Å². The molecule has 0 radical (unpaired) electrons. The Labute approximate surface area is 137 Å². The predicted molar refractivity (Wildman–Crippen MR) is 91.4 cm³/mol. The maximum atomic E-state index is 12.0. The van der Waals surface area contributed by atoms with E-state index in [0.717, 1.165) is 31.2 Å².